The van der Waals surface area contributed by atoms with Crippen molar-refractivity contribution in [3.8, 4) is 44.5 Å². The number of thiazole rings is 1. The van der Waals surface area contributed by atoms with E-state index in [9.17, 15) is 24.6 Å². The van der Waals surface area contributed by atoms with Crippen LogP contribution in [0.1, 0.15) is 51.4 Å². The number of benzene rings is 3. The number of aromatic nitrogens is 3. The number of hydrogen-bond acceptors (Lipinski definition) is 12. The molecular weight excluding hydrogens is 793 g/mol. The summed E-state index contributed by atoms with van der Waals surface area (Å²) >= 11 is 1.58. The Kier molecular flexibility index (Phi) is 13.0. The van der Waals surface area contributed by atoms with Crippen LogP contribution >= 0.6 is 11.3 Å². The molecule has 2 aliphatic rings. The molecule has 0 saturated carbocycles. The van der Waals surface area contributed by atoms with Crippen molar-refractivity contribution in [2.45, 2.75) is 65.3 Å². The number of piperazine rings is 1. The Morgan fingerprint density at radius 3 is 2.25 bits per heavy atom. The van der Waals surface area contributed by atoms with E-state index in [-0.39, 0.29) is 43.1 Å². The average Bonchev–Trinajstić information content (AvgIpc) is 3.87. The third-order valence-electron chi connectivity index (χ3n) is 11.5. The number of rotatable bonds is 12. The Labute approximate surface area is 360 Å². The minimum absolute atomic E-state index is 0.00581. The van der Waals surface area contributed by atoms with Crippen molar-refractivity contribution in [3.63, 3.8) is 0 Å². The van der Waals surface area contributed by atoms with Gasteiger partial charge in [-0.05, 0) is 66.3 Å². The first-order chi connectivity index (χ1) is 29.2. The number of aryl methyl sites for hydroxylation is 1. The number of methoxy groups -OCH3 is 1. The predicted molar refractivity (Wildman–Crippen MR) is 236 cm³/mol. The highest BCUT2D eigenvalue weighted by molar-refractivity contribution is 7.13. The van der Waals surface area contributed by atoms with Gasteiger partial charge in [-0.25, -0.2) is 4.98 Å². The van der Waals surface area contributed by atoms with Crippen molar-refractivity contribution < 1.29 is 29.3 Å². The fourth-order valence-corrected chi connectivity index (χ4v) is 8.81. The minimum Gasteiger partial charge on any atom is -0.507 e. The summed E-state index contributed by atoms with van der Waals surface area (Å²) in [6, 6.07) is 22.8. The number of anilines is 1. The van der Waals surface area contributed by atoms with Gasteiger partial charge in [0.2, 0.25) is 23.6 Å². The molecule has 0 bridgehead atoms. The van der Waals surface area contributed by atoms with E-state index in [0.717, 1.165) is 38.5 Å². The number of likely N-dealkylation sites (tertiary alicyclic amines) is 1. The number of ether oxygens (including phenoxy) is 1. The van der Waals surface area contributed by atoms with Crippen LogP contribution in [0.25, 0.3) is 32.8 Å². The van der Waals surface area contributed by atoms with E-state index in [4.69, 9.17) is 4.74 Å². The van der Waals surface area contributed by atoms with Crippen molar-refractivity contribution >= 4 is 34.7 Å². The Morgan fingerprint density at radius 1 is 0.918 bits per heavy atom. The number of carbonyl (C=O) groups excluding carboxylic acids is 3. The molecule has 0 aliphatic carbocycles. The van der Waals surface area contributed by atoms with Crippen molar-refractivity contribution in [1.82, 2.24) is 35.6 Å². The fourth-order valence-electron chi connectivity index (χ4n) is 8.00. The molecule has 2 saturated heterocycles. The van der Waals surface area contributed by atoms with E-state index in [1.807, 2.05) is 101 Å². The van der Waals surface area contributed by atoms with E-state index in [0.29, 0.717) is 43.3 Å². The number of para-hydroxylation sites is 1. The van der Waals surface area contributed by atoms with Crippen molar-refractivity contribution in [3.05, 3.63) is 95.6 Å². The van der Waals surface area contributed by atoms with Crippen LogP contribution in [-0.4, -0.2) is 117 Å². The number of phenols is 1. The van der Waals surface area contributed by atoms with Crippen molar-refractivity contribution in [1.29, 1.82) is 0 Å². The van der Waals surface area contributed by atoms with Crippen LogP contribution in [0.2, 0.25) is 0 Å². The number of nitrogens with one attached hydrogen (secondary N) is 2. The topological polar surface area (TPSA) is 173 Å². The van der Waals surface area contributed by atoms with Crippen LogP contribution in [-0.2, 0) is 14.4 Å². The van der Waals surface area contributed by atoms with Crippen molar-refractivity contribution in [2.75, 3.05) is 51.3 Å². The zero-order valence-electron chi connectivity index (χ0n) is 35.5. The van der Waals surface area contributed by atoms with Gasteiger partial charge >= 0.3 is 0 Å². The van der Waals surface area contributed by atoms with E-state index < -0.39 is 29.5 Å². The molecular formula is C46H54N8O6S. The third kappa shape index (κ3) is 9.85. The smallest absolute Gasteiger partial charge is 0.246 e. The quantitative estimate of drug-likeness (QED) is 0.126. The van der Waals surface area contributed by atoms with Crippen LogP contribution in [0.3, 0.4) is 0 Å². The van der Waals surface area contributed by atoms with Crippen LogP contribution in [0.5, 0.6) is 11.6 Å². The molecule has 4 atom stereocenters. The summed E-state index contributed by atoms with van der Waals surface area (Å²) in [7, 11) is 1.55. The molecule has 3 aromatic carbocycles. The molecule has 4 heterocycles. The van der Waals surface area contributed by atoms with E-state index in [1.165, 1.54) is 4.90 Å². The standard InChI is InChI=1S/C46H54N8O6S/c1-28(30-11-13-32(14-12-30)41-29(2)47-27-61-41)48-43(58)38-23-34(55)25-54(38)45(59)42(46(3,4)5)49-40(57)26-52-19-21-53(22-20-52)33-17-15-31(16-18-33)36-24-37(50-51-44(36)60-6)35-9-7-8-10-39(35)56/h7-18,24,27-28,34,38,42,55-56H,19-23,25-26H2,1-6H3,(H,48,58)(H,49,57)/t28-,34+,38-,42?/m0/s1. The molecule has 1 unspecified atom stereocenters. The summed E-state index contributed by atoms with van der Waals surface area (Å²) in [4.78, 5) is 52.7. The Hall–Kier alpha value is -5.90. The van der Waals surface area contributed by atoms with Gasteiger partial charge in [0.15, 0.2) is 0 Å². The number of β-amino-alcohol motifs (C(OH)–C–C–N with tert-alkyl or cyclic N) is 1. The molecule has 2 aliphatic heterocycles. The SMILES string of the molecule is COc1nnc(-c2ccccc2O)cc1-c1ccc(N2CCN(CC(=O)NC(C(=O)N3C[C@H](O)C[C@H]3C(=O)N[C@@H](C)c3ccc(-c4scnc4C)cc3)C(C)(C)C)CC2)cc1. The molecule has 0 spiro atoms. The zero-order valence-corrected chi connectivity index (χ0v) is 36.3. The van der Waals surface area contributed by atoms with Gasteiger partial charge in [0.25, 0.3) is 0 Å². The van der Waals surface area contributed by atoms with Crippen LogP contribution in [0.15, 0.2) is 84.4 Å². The van der Waals surface area contributed by atoms with Crippen molar-refractivity contribution in [2.24, 2.45) is 5.41 Å². The molecule has 14 nitrogen and oxygen atoms in total. The molecule has 7 rings (SSSR count). The number of amides is 3. The zero-order chi connectivity index (χ0) is 43.4. The summed E-state index contributed by atoms with van der Waals surface area (Å²) in [5, 5.41) is 35.6. The molecule has 320 valence electrons. The van der Waals surface area contributed by atoms with E-state index in [1.54, 1.807) is 36.6 Å². The number of aromatic hydroxyl groups is 1. The second kappa shape index (κ2) is 18.4. The fraction of sp³-hybridized carbons (Fsp3) is 0.391. The highest BCUT2D eigenvalue weighted by atomic mass is 32.1. The lowest BCUT2D eigenvalue weighted by molar-refractivity contribution is -0.144. The Balaban J connectivity index is 0.937. The van der Waals surface area contributed by atoms with Gasteiger partial charge in [-0.3, -0.25) is 19.3 Å². The number of hydrogen-bond donors (Lipinski definition) is 4. The summed E-state index contributed by atoms with van der Waals surface area (Å²) in [6.07, 6.45) is -0.749. The minimum atomic E-state index is -0.913. The summed E-state index contributed by atoms with van der Waals surface area (Å²) < 4.78 is 5.52. The third-order valence-corrected chi connectivity index (χ3v) is 12.5. The van der Waals surface area contributed by atoms with E-state index in [2.05, 4.69) is 35.6 Å². The maximum atomic E-state index is 14.2. The molecule has 5 aromatic rings. The highest BCUT2D eigenvalue weighted by Gasteiger charge is 2.45. The highest BCUT2D eigenvalue weighted by Crippen LogP contribution is 2.35. The van der Waals surface area contributed by atoms with E-state index >= 15 is 0 Å². The molecule has 3 amide bonds. The summed E-state index contributed by atoms with van der Waals surface area (Å²) in [5.74, 6) is -0.521. The average molecular weight is 847 g/mol. The van der Waals surface area contributed by atoms with Gasteiger partial charge in [0.1, 0.15) is 17.8 Å². The second-order valence-electron chi connectivity index (χ2n) is 16.9. The number of phenolic OH excluding ortho intramolecular Hbond substituents is 1. The second-order valence-corrected chi connectivity index (χ2v) is 17.7. The number of aliphatic hydroxyl groups excluding tert-OH is 1. The summed E-state index contributed by atoms with van der Waals surface area (Å²) in [6.45, 7) is 12.3. The summed E-state index contributed by atoms with van der Waals surface area (Å²) in [5.41, 5.74) is 7.88. The van der Waals surface area contributed by atoms with Crippen LogP contribution < -0.4 is 20.3 Å². The van der Waals surface area contributed by atoms with Gasteiger partial charge in [-0.2, -0.15) is 0 Å². The number of aliphatic hydroxyl groups is 1. The number of nitrogens with zero attached hydrogens (tertiary/aromatic N) is 6. The number of carbonyl (C=O) groups is 3. The molecule has 2 aromatic heterocycles. The molecule has 61 heavy (non-hydrogen) atoms. The predicted octanol–water partition coefficient (Wildman–Crippen LogP) is 5.45. The maximum Gasteiger partial charge on any atom is 0.246 e. The van der Waals surface area contributed by atoms with Gasteiger partial charge in [-0.15, -0.1) is 21.5 Å². The largest absolute Gasteiger partial charge is 0.507 e. The van der Waals surface area contributed by atoms with Gasteiger partial charge < -0.3 is 35.4 Å². The molecule has 15 heteroatoms. The molecule has 2 fully saturated rings. The first-order valence-corrected chi connectivity index (χ1v) is 21.4. The first kappa shape index (κ1) is 43.2. The van der Waals surface area contributed by atoms with Gasteiger partial charge in [-0.1, -0.05) is 69.3 Å². The van der Waals surface area contributed by atoms with Crippen LogP contribution in [0, 0.1) is 12.3 Å². The maximum absolute atomic E-state index is 14.2. The Morgan fingerprint density at radius 2 is 1.61 bits per heavy atom. The lowest BCUT2D eigenvalue weighted by Gasteiger charge is -2.37. The van der Waals surface area contributed by atoms with Gasteiger partial charge in [0, 0.05) is 56.0 Å². The lowest BCUT2D eigenvalue weighted by Crippen LogP contribution is -2.59. The molecule has 0 radical (unpaired) electrons. The molecule has 4 N–H and O–H groups in total. The lowest BCUT2D eigenvalue weighted by atomic mass is 9.85. The monoisotopic (exact) mass is 846 g/mol. The first-order valence-electron chi connectivity index (χ1n) is 20.6. The normalized spacial score (nSPS) is 18.1. The van der Waals surface area contributed by atoms with Gasteiger partial charge in [0.05, 0.1) is 47.6 Å². The van der Waals surface area contributed by atoms with Crippen LogP contribution in [0.4, 0.5) is 5.69 Å². The Bertz CT molecular complexity index is 2340.